The molecule has 0 aromatic heterocycles. The lowest BCUT2D eigenvalue weighted by molar-refractivity contribution is -0.135. The number of ether oxygens (including phenoxy) is 1. The first-order valence-electron chi connectivity index (χ1n) is 8.75. The molecule has 0 saturated heterocycles. The quantitative estimate of drug-likeness (QED) is 0.720. The predicted octanol–water partition coefficient (Wildman–Crippen LogP) is 2.96. The molecule has 0 aliphatic rings. The van der Waals surface area contributed by atoms with Crippen LogP contribution in [0.2, 0.25) is 0 Å². The van der Waals surface area contributed by atoms with Crippen molar-refractivity contribution in [2.75, 3.05) is 32.1 Å². The number of carbonyl (C=O) groups is 2. The largest absolute Gasteiger partial charge is 0.383 e. The lowest BCUT2D eigenvalue weighted by atomic mass is 10.0. The van der Waals surface area contributed by atoms with E-state index in [2.05, 4.69) is 24.5 Å². The summed E-state index contributed by atoms with van der Waals surface area (Å²) in [4.78, 5) is 27.0. The second kappa shape index (κ2) is 10.7. The molecule has 1 aromatic rings. The van der Waals surface area contributed by atoms with Crippen molar-refractivity contribution in [2.45, 2.75) is 33.7 Å². The Morgan fingerprint density at radius 3 is 2.28 bits per heavy atom. The summed E-state index contributed by atoms with van der Waals surface area (Å²) in [5.41, 5.74) is 0.688. The van der Waals surface area contributed by atoms with Gasteiger partial charge in [0, 0.05) is 25.9 Å². The Bertz CT molecular complexity index is 532. The highest BCUT2D eigenvalue weighted by Gasteiger charge is 2.28. The summed E-state index contributed by atoms with van der Waals surface area (Å²) in [7, 11) is 1.61. The number of hydrogen-bond donors (Lipinski definition) is 2. The summed E-state index contributed by atoms with van der Waals surface area (Å²) in [5, 5.41) is 5.57. The molecule has 0 heterocycles. The molecular weight excluding hydrogens is 318 g/mol. The highest BCUT2D eigenvalue weighted by Crippen LogP contribution is 2.10. The van der Waals surface area contributed by atoms with Crippen LogP contribution >= 0.6 is 0 Å². The fourth-order valence-electron chi connectivity index (χ4n) is 2.47. The average molecular weight is 349 g/mol. The molecule has 0 radical (unpaired) electrons. The van der Waals surface area contributed by atoms with Crippen molar-refractivity contribution < 1.29 is 14.3 Å². The molecule has 0 saturated carbocycles. The lowest BCUT2D eigenvalue weighted by Gasteiger charge is -2.31. The first-order valence-corrected chi connectivity index (χ1v) is 8.75. The van der Waals surface area contributed by atoms with Crippen molar-refractivity contribution in [1.82, 2.24) is 10.2 Å². The number of rotatable bonds is 9. The van der Waals surface area contributed by atoms with Gasteiger partial charge in [-0.2, -0.15) is 0 Å². The fourth-order valence-corrected chi connectivity index (χ4v) is 2.47. The topological polar surface area (TPSA) is 70.7 Å². The van der Waals surface area contributed by atoms with Gasteiger partial charge >= 0.3 is 6.03 Å². The van der Waals surface area contributed by atoms with Crippen LogP contribution in [0, 0.1) is 11.8 Å². The lowest BCUT2D eigenvalue weighted by Crippen LogP contribution is -2.53. The minimum atomic E-state index is -0.584. The molecule has 1 aromatic carbocycles. The van der Waals surface area contributed by atoms with Gasteiger partial charge in [0.1, 0.15) is 6.04 Å². The predicted molar refractivity (Wildman–Crippen MR) is 101 cm³/mol. The van der Waals surface area contributed by atoms with Crippen LogP contribution < -0.4 is 10.6 Å². The van der Waals surface area contributed by atoms with Gasteiger partial charge in [-0.25, -0.2) is 4.79 Å². The monoisotopic (exact) mass is 349 g/mol. The van der Waals surface area contributed by atoms with E-state index >= 15 is 0 Å². The number of hydrogen-bond acceptors (Lipinski definition) is 3. The van der Waals surface area contributed by atoms with E-state index < -0.39 is 6.04 Å². The maximum Gasteiger partial charge on any atom is 0.319 e. The van der Waals surface area contributed by atoms with Crippen LogP contribution in [0.5, 0.6) is 0 Å². The third-order valence-corrected chi connectivity index (χ3v) is 3.71. The Morgan fingerprint density at radius 2 is 1.76 bits per heavy atom. The van der Waals surface area contributed by atoms with Gasteiger partial charge in [-0.05, 0) is 24.0 Å². The second-order valence-corrected chi connectivity index (χ2v) is 6.86. The molecule has 0 aliphatic carbocycles. The van der Waals surface area contributed by atoms with Crippen LogP contribution in [0.3, 0.4) is 0 Å². The van der Waals surface area contributed by atoms with Crippen molar-refractivity contribution in [3.63, 3.8) is 0 Å². The van der Waals surface area contributed by atoms with Crippen molar-refractivity contribution in [1.29, 1.82) is 0 Å². The number of amides is 3. The average Bonchev–Trinajstić information content (AvgIpc) is 2.56. The van der Waals surface area contributed by atoms with Crippen LogP contribution in [0.4, 0.5) is 10.5 Å². The normalized spacial score (nSPS) is 12.1. The third-order valence-electron chi connectivity index (χ3n) is 3.71. The number of nitrogens with one attached hydrogen (secondary N) is 2. The Labute approximate surface area is 150 Å². The van der Waals surface area contributed by atoms with Gasteiger partial charge in [0.25, 0.3) is 0 Å². The summed E-state index contributed by atoms with van der Waals surface area (Å²) in [6.45, 7) is 9.59. The van der Waals surface area contributed by atoms with E-state index in [1.165, 1.54) is 0 Å². The molecule has 0 spiro atoms. The van der Waals surface area contributed by atoms with Gasteiger partial charge in [0.05, 0.1) is 6.61 Å². The van der Waals surface area contributed by atoms with Crippen LogP contribution in [-0.2, 0) is 9.53 Å². The summed E-state index contributed by atoms with van der Waals surface area (Å²) < 4.78 is 5.11. The van der Waals surface area contributed by atoms with Gasteiger partial charge in [-0.3, -0.25) is 4.79 Å². The molecule has 2 N–H and O–H groups in total. The number of methoxy groups -OCH3 is 1. The standard InChI is InChI=1S/C19H31N3O3/c1-14(2)13-22(11-12-25-5)18(23)17(15(3)4)21-19(24)20-16-9-7-6-8-10-16/h6-10,14-15,17H,11-13H2,1-5H3,(H2,20,21,24). The van der Waals surface area contributed by atoms with Gasteiger partial charge < -0.3 is 20.3 Å². The number of nitrogens with zero attached hydrogens (tertiary/aromatic N) is 1. The second-order valence-electron chi connectivity index (χ2n) is 6.86. The van der Waals surface area contributed by atoms with Gasteiger partial charge in [0.2, 0.25) is 5.91 Å². The van der Waals surface area contributed by atoms with Crippen molar-refractivity contribution in [2.24, 2.45) is 11.8 Å². The van der Waals surface area contributed by atoms with E-state index in [1.807, 2.05) is 32.0 Å². The summed E-state index contributed by atoms with van der Waals surface area (Å²) in [6, 6.07) is 8.20. The van der Waals surface area contributed by atoms with Crippen LogP contribution in [0.25, 0.3) is 0 Å². The number of benzene rings is 1. The molecule has 3 amide bonds. The zero-order chi connectivity index (χ0) is 18.8. The van der Waals surface area contributed by atoms with Gasteiger partial charge in [-0.15, -0.1) is 0 Å². The highest BCUT2D eigenvalue weighted by molar-refractivity contribution is 5.93. The zero-order valence-corrected chi connectivity index (χ0v) is 15.9. The molecule has 0 bridgehead atoms. The minimum Gasteiger partial charge on any atom is -0.383 e. The van der Waals surface area contributed by atoms with E-state index in [0.717, 1.165) is 0 Å². The summed E-state index contributed by atoms with van der Waals surface area (Å²) in [6.07, 6.45) is 0. The molecule has 6 nitrogen and oxygen atoms in total. The third kappa shape index (κ3) is 7.56. The fraction of sp³-hybridized carbons (Fsp3) is 0.579. The minimum absolute atomic E-state index is 0.0220. The maximum atomic E-state index is 12.9. The van der Waals surface area contributed by atoms with Crippen LogP contribution in [0.1, 0.15) is 27.7 Å². The molecule has 140 valence electrons. The Morgan fingerprint density at radius 1 is 1.12 bits per heavy atom. The van der Waals surface area contributed by atoms with Crippen LogP contribution in [0.15, 0.2) is 30.3 Å². The molecule has 1 atom stereocenters. The molecule has 1 rings (SSSR count). The Kier molecular flexibility index (Phi) is 8.99. The van der Waals surface area contributed by atoms with Crippen molar-refractivity contribution in [3.05, 3.63) is 30.3 Å². The van der Waals surface area contributed by atoms with E-state index in [1.54, 1.807) is 24.1 Å². The summed E-state index contributed by atoms with van der Waals surface area (Å²) in [5.74, 6) is 0.238. The molecule has 0 fully saturated rings. The van der Waals surface area contributed by atoms with Gasteiger partial charge in [-0.1, -0.05) is 45.9 Å². The highest BCUT2D eigenvalue weighted by atomic mass is 16.5. The van der Waals surface area contributed by atoms with Crippen LogP contribution in [-0.4, -0.2) is 49.7 Å². The Balaban J connectivity index is 2.77. The van der Waals surface area contributed by atoms with Crippen molar-refractivity contribution >= 4 is 17.6 Å². The molecular formula is C19H31N3O3. The first kappa shape index (κ1) is 21.0. The smallest absolute Gasteiger partial charge is 0.319 e. The molecule has 1 unspecified atom stereocenters. The first-order chi connectivity index (χ1) is 11.8. The molecule has 25 heavy (non-hydrogen) atoms. The maximum absolute atomic E-state index is 12.9. The molecule has 0 aliphatic heterocycles. The number of urea groups is 1. The van der Waals surface area contributed by atoms with E-state index in [-0.39, 0.29) is 17.9 Å². The van der Waals surface area contributed by atoms with E-state index in [0.29, 0.717) is 31.3 Å². The number of carbonyl (C=O) groups excluding carboxylic acids is 2. The van der Waals surface area contributed by atoms with E-state index in [4.69, 9.17) is 4.74 Å². The summed E-state index contributed by atoms with van der Waals surface area (Å²) >= 11 is 0. The number of para-hydroxylation sites is 1. The Hall–Kier alpha value is -2.08. The van der Waals surface area contributed by atoms with E-state index in [9.17, 15) is 9.59 Å². The zero-order valence-electron chi connectivity index (χ0n) is 15.9. The van der Waals surface area contributed by atoms with Gasteiger partial charge in [0.15, 0.2) is 0 Å². The van der Waals surface area contributed by atoms with Crippen molar-refractivity contribution in [3.8, 4) is 0 Å². The SMILES string of the molecule is COCCN(CC(C)C)C(=O)C(NC(=O)Nc1ccccc1)C(C)C. The molecule has 6 heteroatoms. The number of anilines is 1.